The van der Waals surface area contributed by atoms with E-state index in [2.05, 4.69) is 17.0 Å². The summed E-state index contributed by atoms with van der Waals surface area (Å²) < 4.78 is 0. The van der Waals surface area contributed by atoms with Crippen LogP contribution >= 0.6 is 0 Å². The van der Waals surface area contributed by atoms with Gasteiger partial charge in [0.1, 0.15) is 5.84 Å². The van der Waals surface area contributed by atoms with Gasteiger partial charge in [0.2, 0.25) is 0 Å². The number of carbonyl (C=O) groups excluding carboxylic acids is 2. The highest BCUT2D eigenvalue weighted by Gasteiger charge is 2.26. The van der Waals surface area contributed by atoms with Crippen LogP contribution in [0.2, 0.25) is 0 Å². The van der Waals surface area contributed by atoms with Crippen molar-refractivity contribution in [1.82, 2.24) is 0 Å². The van der Waals surface area contributed by atoms with Gasteiger partial charge in [-0.25, -0.2) is 4.99 Å². The number of benzene rings is 3. The Balaban J connectivity index is 1.75. The van der Waals surface area contributed by atoms with Gasteiger partial charge in [0.15, 0.2) is 11.6 Å². The molecule has 0 radical (unpaired) electrons. The molecule has 3 aromatic carbocycles. The lowest BCUT2D eigenvalue weighted by Gasteiger charge is -2.19. The molecular weight excluding hydrogens is 348 g/mol. The number of amidine groups is 1. The van der Waals surface area contributed by atoms with Gasteiger partial charge in [-0.15, -0.1) is 0 Å². The topological polar surface area (TPSA) is 49.7 Å². The van der Waals surface area contributed by atoms with E-state index in [1.165, 1.54) is 5.56 Å². The second-order valence-electron chi connectivity index (χ2n) is 6.88. The van der Waals surface area contributed by atoms with Crippen LogP contribution in [0.1, 0.15) is 45.7 Å². The number of rotatable bonds is 4. The zero-order chi connectivity index (χ0) is 19.7. The molecule has 0 atom stereocenters. The van der Waals surface area contributed by atoms with Gasteiger partial charge in [0, 0.05) is 22.4 Å². The van der Waals surface area contributed by atoms with Crippen molar-refractivity contribution in [3.63, 3.8) is 0 Å². The summed E-state index contributed by atoms with van der Waals surface area (Å²) in [7, 11) is 0. The third kappa shape index (κ3) is 3.37. The quantitative estimate of drug-likeness (QED) is 0.596. The molecule has 0 saturated heterocycles. The maximum absolute atomic E-state index is 11.6. The second-order valence-corrected chi connectivity index (χ2v) is 6.88. The van der Waals surface area contributed by atoms with E-state index in [-0.39, 0.29) is 11.6 Å². The fourth-order valence-electron chi connectivity index (χ4n) is 3.37. The first-order valence-corrected chi connectivity index (χ1v) is 9.19. The predicted molar refractivity (Wildman–Crippen MR) is 112 cm³/mol. The molecule has 0 aliphatic carbocycles. The van der Waals surface area contributed by atoms with E-state index in [1.54, 1.807) is 26.0 Å². The van der Waals surface area contributed by atoms with E-state index in [9.17, 15) is 9.59 Å². The van der Waals surface area contributed by atoms with Crippen molar-refractivity contribution in [2.75, 3.05) is 4.90 Å². The van der Waals surface area contributed by atoms with Gasteiger partial charge >= 0.3 is 0 Å². The molecule has 1 aliphatic heterocycles. The number of hydrogen-bond donors (Lipinski definition) is 0. The lowest BCUT2D eigenvalue weighted by Crippen LogP contribution is -2.24. The minimum absolute atomic E-state index is 0.0394. The highest BCUT2D eigenvalue weighted by atomic mass is 16.1. The molecular formula is C24H20N2O2. The van der Waals surface area contributed by atoms with Gasteiger partial charge in [-0.2, -0.15) is 0 Å². The Hall–Kier alpha value is -3.53. The van der Waals surface area contributed by atoms with E-state index < -0.39 is 0 Å². The average Bonchev–Trinajstić information content (AvgIpc) is 3.07. The summed E-state index contributed by atoms with van der Waals surface area (Å²) in [6.07, 6.45) is 0. The molecule has 0 fully saturated rings. The fourth-order valence-corrected chi connectivity index (χ4v) is 3.37. The average molecular weight is 368 g/mol. The summed E-state index contributed by atoms with van der Waals surface area (Å²) in [6.45, 7) is 3.85. The maximum atomic E-state index is 11.6. The Morgan fingerprint density at radius 3 is 1.96 bits per heavy atom. The van der Waals surface area contributed by atoms with Gasteiger partial charge in [-0.05, 0) is 67.9 Å². The van der Waals surface area contributed by atoms with Crippen LogP contribution in [-0.4, -0.2) is 17.4 Å². The first-order chi connectivity index (χ1) is 13.5. The van der Waals surface area contributed by atoms with Gasteiger partial charge in [0.05, 0.1) is 12.2 Å². The highest BCUT2D eigenvalue weighted by Crippen LogP contribution is 2.31. The van der Waals surface area contributed by atoms with Crippen LogP contribution in [0.25, 0.3) is 0 Å². The van der Waals surface area contributed by atoms with Crippen molar-refractivity contribution in [2.24, 2.45) is 4.99 Å². The first kappa shape index (κ1) is 17.9. The molecule has 1 aliphatic rings. The molecule has 0 spiro atoms. The SMILES string of the molecule is CC(=O)c1ccc(N=C2c3ccccc3CN2c2ccc(C(C)=O)cc2)cc1. The third-order valence-electron chi connectivity index (χ3n) is 4.94. The summed E-state index contributed by atoms with van der Waals surface area (Å²) >= 11 is 0. The normalized spacial score (nSPS) is 14.2. The molecule has 0 aromatic heterocycles. The van der Waals surface area contributed by atoms with Gasteiger partial charge in [-0.3, -0.25) is 9.59 Å². The molecule has 1 heterocycles. The van der Waals surface area contributed by atoms with Crippen LogP contribution in [0, 0.1) is 0 Å². The van der Waals surface area contributed by atoms with Crippen LogP contribution in [0.3, 0.4) is 0 Å². The minimum atomic E-state index is 0.0394. The largest absolute Gasteiger partial charge is 0.321 e. The van der Waals surface area contributed by atoms with Crippen LogP contribution < -0.4 is 4.90 Å². The first-order valence-electron chi connectivity index (χ1n) is 9.19. The molecule has 138 valence electrons. The minimum Gasteiger partial charge on any atom is -0.321 e. The number of Topliss-reactive ketones (excluding diaryl/α,β-unsaturated/α-hetero) is 2. The molecule has 4 rings (SSSR count). The number of carbonyl (C=O) groups is 2. The van der Waals surface area contributed by atoms with Crippen LogP contribution in [-0.2, 0) is 6.54 Å². The maximum Gasteiger partial charge on any atom is 0.159 e. The summed E-state index contributed by atoms with van der Waals surface area (Å²) in [5, 5.41) is 0. The zero-order valence-electron chi connectivity index (χ0n) is 15.8. The van der Waals surface area contributed by atoms with Crippen LogP contribution in [0.5, 0.6) is 0 Å². The summed E-state index contributed by atoms with van der Waals surface area (Å²) in [6, 6.07) is 23.1. The Bertz CT molecular complexity index is 1080. The van der Waals surface area contributed by atoms with Gasteiger partial charge in [0.25, 0.3) is 0 Å². The van der Waals surface area contributed by atoms with Crippen LogP contribution in [0.4, 0.5) is 11.4 Å². The van der Waals surface area contributed by atoms with E-state index >= 15 is 0 Å². The van der Waals surface area contributed by atoms with Crippen molar-refractivity contribution < 1.29 is 9.59 Å². The molecule has 0 unspecified atom stereocenters. The van der Waals surface area contributed by atoms with Crippen molar-refractivity contribution in [3.05, 3.63) is 95.1 Å². The van der Waals surface area contributed by atoms with Crippen molar-refractivity contribution in [2.45, 2.75) is 20.4 Å². The smallest absolute Gasteiger partial charge is 0.159 e. The van der Waals surface area contributed by atoms with E-state index in [0.29, 0.717) is 11.1 Å². The fraction of sp³-hybridized carbons (Fsp3) is 0.125. The number of fused-ring (bicyclic) bond motifs is 1. The Kier molecular flexibility index (Phi) is 4.62. The second kappa shape index (κ2) is 7.24. The van der Waals surface area contributed by atoms with E-state index in [1.807, 2.05) is 48.5 Å². The Morgan fingerprint density at radius 1 is 0.786 bits per heavy atom. The highest BCUT2D eigenvalue weighted by molar-refractivity contribution is 6.14. The molecule has 0 N–H and O–H groups in total. The van der Waals surface area contributed by atoms with Crippen LogP contribution in [0.15, 0.2) is 77.8 Å². The van der Waals surface area contributed by atoms with Gasteiger partial charge in [-0.1, -0.05) is 24.3 Å². The number of anilines is 1. The predicted octanol–water partition coefficient (Wildman–Crippen LogP) is 5.19. The lowest BCUT2D eigenvalue weighted by atomic mass is 10.1. The van der Waals surface area contributed by atoms with E-state index in [4.69, 9.17) is 4.99 Å². The lowest BCUT2D eigenvalue weighted by molar-refractivity contribution is 0.100. The van der Waals surface area contributed by atoms with Gasteiger partial charge < -0.3 is 4.90 Å². The monoisotopic (exact) mass is 368 g/mol. The molecule has 28 heavy (non-hydrogen) atoms. The summed E-state index contributed by atoms with van der Waals surface area (Å²) in [5.41, 5.74) is 5.44. The molecule has 3 aromatic rings. The zero-order valence-corrected chi connectivity index (χ0v) is 15.8. The van der Waals surface area contributed by atoms with Crippen molar-refractivity contribution in [1.29, 1.82) is 0 Å². The molecule has 0 bridgehead atoms. The number of hydrogen-bond acceptors (Lipinski definition) is 3. The number of nitrogens with zero attached hydrogens (tertiary/aromatic N) is 2. The van der Waals surface area contributed by atoms with Crippen molar-refractivity contribution in [3.8, 4) is 0 Å². The Morgan fingerprint density at radius 2 is 1.36 bits per heavy atom. The van der Waals surface area contributed by atoms with Crippen molar-refractivity contribution >= 4 is 28.8 Å². The standard InChI is InChI=1S/C24H20N2O2/c1-16(27)18-7-11-21(12-8-18)25-24-23-6-4-3-5-20(23)15-26(24)22-13-9-19(10-14-22)17(2)28/h3-14H,15H2,1-2H3. The summed E-state index contributed by atoms with van der Waals surface area (Å²) in [4.78, 5) is 30.1. The molecule has 0 saturated carbocycles. The number of aliphatic imine (C=N–C) groups is 1. The van der Waals surface area contributed by atoms with E-state index in [0.717, 1.165) is 29.3 Å². The Labute approximate surface area is 164 Å². The number of ketones is 2. The molecule has 0 amide bonds. The molecule has 4 heteroatoms. The summed E-state index contributed by atoms with van der Waals surface area (Å²) in [5.74, 6) is 0.954. The molecule has 4 nitrogen and oxygen atoms in total. The third-order valence-corrected chi connectivity index (χ3v) is 4.94.